The molecule has 1 fully saturated rings. The molecule has 8 heteroatoms. The van der Waals surface area contributed by atoms with Crippen molar-refractivity contribution in [2.75, 3.05) is 18.0 Å². The van der Waals surface area contributed by atoms with Gasteiger partial charge in [0.25, 0.3) is 5.56 Å². The Morgan fingerprint density at radius 1 is 0.970 bits per heavy atom. The number of benzene rings is 2. The molecule has 1 aliphatic heterocycles. The zero-order valence-electron chi connectivity index (χ0n) is 18.5. The van der Waals surface area contributed by atoms with Gasteiger partial charge >= 0.3 is 0 Å². The van der Waals surface area contributed by atoms with Crippen LogP contribution in [0.25, 0.3) is 16.6 Å². The third-order valence-corrected chi connectivity index (χ3v) is 7.62. The summed E-state index contributed by atoms with van der Waals surface area (Å²) in [5.41, 5.74) is 1.50. The standard InChI is InChI=1S/C25H24ClN5OS/c1-25(2)10-12-30(13-11-25)20-14-28-21(15-27-20)33-19-9-8-18-22(23(19)26)24(32)31(16-29-18)17-6-4-3-5-7-17/h3-9,14-16H,10-13H2,1-2H3. The van der Waals surface area contributed by atoms with E-state index in [4.69, 9.17) is 11.6 Å². The van der Waals surface area contributed by atoms with Gasteiger partial charge in [-0.05, 0) is 42.5 Å². The second kappa shape index (κ2) is 8.80. The first-order valence-corrected chi connectivity index (χ1v) is 12.1. The molecule has 6 nitrogen and oxygen atoms in total. The summed E-state index contributed by atoms with van der Waals surface area (Å²) in [4.78, 5) is 29.9. The summed E-state index contributed by atoms with van der Waals surface area (Å²) in [6.07, 6.45) is 7.42. The molecule has 0 spiro atoms. The number of halogens is 1. The summed E-state index contributed by atoms with van der Waals surface area (Å²) in [6.45, 7) is 6.61. The molecule has 0 aliphatic carbocycles. The quantitative estimate of drug-likeness (QED) is 0.381. The average Bonchev–Trinajstić information content (AvgIpc) is 2.82. The maximum atomic E-state index is 13.2. The molecule has 1 aliphatic rings. The molecular weight excluding hydrogens is 454 g/mol. The minimum Gasteiger partial charge on any atom is -0.355 e. The number of rotatable bonds is 4. The summed E-state index contributed by atoms with van der Waals surface area (Å²) in [5, 5.41) is 1.50. The molecule has 2 aromatic carbocycles. The first-order chi connectivity index (χ1) is 15.9. The van der Waals surface area contributed by atoms with E-state index in [-0.39, 0.29) is 5.56 Å². The van der Waals surface area contributed by atoms with Gasteiger partial charge < -0.3 is 4.90 Å². The third-order valence-electron chi connectivity index (χ3n) is 6.13. The van der Waals surface area contributed by atoms with Gasteiger partial charge in [-0.15, -0.1) is 0 Å². The molecule has 33 heavy (non-hydrogen) atoms. The summed E-state index contributed by atoms with van der Waals surface area (Å²) in [6, 6.07) is 13.1. The minimum atomic E-state index is -0.201. The van der Waals surface area contributed by atoms with Gasteiger partial charge in [-0.25, -0.2) is 15.0 Å². The second-order valence-electron chi connectivity index (χ2n) is 8.99. The van der Waals surface area contributed by atoms with E-state index < -0.39 is 0 Å². The zero-order chi connectivity index (χ0) is 23.0. The van der Waals surface area contributed by atoms with Gasteiger partial charge in [0.15, 0.2) is 0 Å². The largest absolute Gasteiger partial charge is 0.355 e. The topological polar surface area (TPSA) is 63.9 Å². The Labute approximate surface area is 201 Å². The number of aromatic nitrogens is 4. The Bertz CT molecular complexity index is 1350. The van der Waals surface area contributed by atoms with Crippen LogP contribution in [0.1, 0.15) is 26.7 Å². The third kappa shape index (κ3) is 4.48. The maximum Gasteiger partial charge on any atom is 0.267 e. The molecule has 4 aromatic rings. The van der Waals surface area contributed by atoms with E-state index in [0.717, 1.165) is 47.4 Å². The van der Waals surface area contributed by atoms with E-state index in [2.05, 4.69) is 33.7 Å². The van der Waals surface area contributed by atoms with Crippen molar-refractivity contribution in [3.8, 4) is 5.69 Å². The Morgan fingerprint density at radius 3 is 2.42 bits per heavy atom. The molecule has 0 amide bonds. The zero-order valence-corrected chi connectivity index (χ0v) is 20.1. The molecule has 5 rings (SSSR count). The fraction of sp³-hybridized carbons (Fsp3) is 0.280. The summed E-state index contributed by atoms with van der Waals surface area (Å²) >= 11 is 8.10. The lowest BCUT2D eigenvalue weighted by atomic mass is 9.83. The first-order valence-electron chi connectivity index (χ1n) is 10.9. The van der Waals surface area contributed by atoms with Crippen LogP contribution in [0.3, 0.4) is 0 Å². The molecule has 0 atom stereocenters. The molecule has 0 N–H and O–H groups in total. The number of para-hydroxylation sites is 1. The van der Waals surface area contributed by atoms with E-state index >= 15 is 0 Å². The van der Waals surface area contributed by atoms with Gasteiger partial charge in [0.05, 0.1) is 34.0 Å². The highest BCUT2D eigenvalue weighted by Crippen LogP contribution is 2.36. The van der Waals surface area contributed by atoms with Crippen LogP contribution in [0, 0.1) is 5.41 Å². The summed E-state index contributed by atoms with van der Waals surface area (Å²) < 4.78 is 1.51. The number of nitrogens with zero attached hydrogens (tertiary/aromatic N) is 5. The smallest absolute Gasteiger partial charge is 0.267 e. The molecule has 0 unspecified atom stereocenters. The fourth-order valence-corrected chi connectivity index (χ4v) is 5.10. The van der Waals surface area contributed by atoms with Crippen molar-refractivity contribution < 1.29 is 0 Å². The fourth-order valence-electron chi connectivity index (χ4n) is 3.98. The monoisotopic (exact) mass is 477 g/mol. The molecule has 168 valence electrons. The highest BCUT2D eigenvalue weighted by molar-refractivity contribution is 7.99. The lowest BCUT2D eigenvalue weighted by Crippen LogP contribution is -2.37. The van der Waals surface area contributed by atoms with Crippen molar-refractivity contribution in [3.05, 3.63) is 76.6 Å². The highest BCUT2D eigenvalue weighted by atomic mass is 35.5. The van der Waals surface area contributed by atoms with Crippen molar-refractivity contribution >= 4 is 40.1 Å². The van der Waals surface area contributed by atoms with Crippen LogP contribution in [-0.2, 0) is 0 Å². The van der Waals surface area contributed by atoms with Crippen LogP contribution in [-0.4, -0.2) is 32.6 Å². The minimum absolute atomic E-state index is 0.201. The SMILES string of the molecule is CC1(C)CCN(c2cnc(Sc3ccc4ncn(-c5ccccc5)c(=O)c4c3Cl)cn2)CC1. The van der Waals surface area contributed by atoms with Crippen LogP contribution in [0.15, 0.2) is 75.9 Å². The Morgan fingerprint density at radius 2 is 1.73 bits per heavy atom. The molecule has 2 aromatic heterocycles. The predicted molar refractivity (Wildman–Crippen MR) is 134 cm³/mol. The summed E-state index contributed by atoms with van der Waals surface area (Å²) in [7, 11) is 0. The maximum absolute atomic E-state index is 13.2. The van der Waals surface area contributed by atoms with Gasteiger partial charge in [0, 0.05) is 18.0 Å². The van der Waals surface area contributed by atoms with E-state index in [1.165, 1.54) is 22.7 Å². The number of hydrogen-bond acceptors (Lipinski definition) is 6. The van der Waals surface area contributed by atoms with Gasteiger partial charge in [-0.1, -0.05) is 55.4 Å². The number of piperidine rings is 1. The molecular formula is C25H24ClN5OS. The molecule has 3 heterocycles. The van der Waals surface area contributed by atoms with Gasteiger partial charge in [-0.2, -0.15) is 0 Å². The molecule has 0 radical (unpaired) electrons. The lowest BCUT2D eigenvalue weighted by Gasteiger charge is -2.37. The average molecular weight is 478 g/mol. The van der Waals surface area contributed by atoms with Crippen molar-refractivity contribution in [1.82, 2.24) is 19.5 Å². The second-order valence-corrected chi connectivity index (χ2v) is 10.4. The first kappa shape index (κ1) is 21.9. The number of anilines is 1. The Hall–Kier alpha value is -2.90. The van der Waals surface area contributed by atoms with Crippen LogP contribution in [0.4, 0.5) is 5.82 Å². The van der Waals surface area contributed by atoms with Crippen molar-refractivity contribution in [3.63, 3.8) is 0 Å². The highest BCUT2D eigenvalue weighted by Gasteiger charge is 2.26. The van der Waals surface area contributed by atoms with Crippen molar-refractivity contribution in [2.24, 2.45) is 5.41 Å². The van der Waals surface area contributed by atoms with Gasteiger partial charge in [0.1, 0.15) is 17.2 Å². The molecule has 0 bridgehead atoms. The van der Waals surface area contributed by atoms with Crippen LogP contribution in [0.5, 0.6) is 0 Å². The normalized spacial score (nSPS) is 15.7. The van der Waals surface area contributed by atoms with E-state index in [9.17, 15) is 4.79 Å². The van der Waals surface area contributed by atoms with Gasteiger partial charge in [-0.3, -0.25) is 9.36 Å². The van der Waals surface area contributed by atoms with Crippen LogP contribution < -0.4 is 10.5 Å². The summed E-state index contributed by atoms with van der Waals surface area (Å²) in [5.74, 6) is 0.898. The van der Waals surface area contributed by atoms with E-state index in [0.29, 0.717) is 21.3 Å². The van der Waals surface area contributed by atoms with E-state index in [1.54, 1.807) is 6.20 Å². The molecule has 1 saturated heterocycles. The molecule has 0 saturated carbocycles. The van der Waals surface area contributed by atoms with Crippen molar-refractivity contribution in [1.29, 1.82) is 0 Å². The van der Waals surface area contributed by atoms with Gasteiger partial charge in [0.2, 0.25) is 0 Å². The van der Waals surface area contributed by atoms with Crippen LogP contribution >= 0.6 is 23.4 Å². The lowest BCUT2D eigenvalue weighted by molar-refractivity contribution is 0.279. The van der Waals surface area contributed by atoms with Crippen LogP contribution in [0.2, 0.25) is 5.02 Å². The van der Waals surface area contributed by atoms with Crippen molar-refractivity contribution in [2.45, 2.75) is 36.6 Å². The van der Waals surface area contributed by atoms with E-state index in [1.807, 2.05) is 48.7 Å². The predicted octanol–water partition coefficient (Wildman–Crippen LogP) is 5.61. The Kier molecular flexibility index (Phi) is 5.85. The number of hydrogen-bond donors (Lipinski definition) is 0. The Balaban J connectivity index is 1.42. The number of fused-ring (bicyclic) bond motifs is 1.